The van der Waals surface area contributed by atoms with Crippen LogP contribution in [0.4, 0.5) is 4.39 Å². The zero-order valence-electron chi connectivity index (χ0n) is 18.0. The molecule has 7 heteroatoms. The van der Waals surface area contributed by atoms with E-state index in [1.54, 1.807) is 7.05 Å². The number of nitrogens with one attached hydrogen (secondary N) is 3. The molecule has 1 aliphatic rings. The van der Waals surface area contributed by atoms with Gasteiger partial charge >= 0.3 is 0 Å². The second-order valence-electron chi connectivity index (χ2n) is 7.81. The van der Waals surface area contributed by atoms with Crippen molar-refractivity contribution in [2.24, 2.45) is 4.99 Å². The van der Waals surface area contributed by atoms with Gasteiger partial charge in [-0.2, -0.15) is 0 Å². The Labute approximate surface area is 182 Å². The minimum Gasteiger partial charge on any atom is -0.379 e. The van der Waals surface area contributed by atoms with Gasteiger partial charge in [0.2, 0.25) is 0 Å². The molecule has 0 aliphatic carbocycles. The van der Waals surface area contributed by atoms with E-state index in [0.717, 1.165) is 68.2 Å². The number of aromatic amines is 1. The van der Waals surface area contributed by atoms with Crippen LogP contribution in [0.1, 0.15) is 16.7 Å². The summed E-state index contributed by atoms with van der Waals surface area (Å²) in [6, 6.07) is 13.6. The SMILES string of the molecule is CN=C(NCCc1c[nH]c2cc(F)ccc12)NCc1ccc(CN2CCOCC2)cc1. The van der Waals surface area contributed by atoms with Gasteiger partial charge in [-0.3, -0.25) is 9.89 Å². The van der Waals surface area contributed by atoms with Gasteiger partial charge in [0.1, 0.15) is 5.82 Å². The van der Waals surface area contributed by atoms with Gasteiger partial charge in [0.25, 0.3) is 0 Å². The van der Waals surface area contributed by atoms with E-state index < -0.39 is 0 Å². The van der Waals surface area contributed by atoms with Crippen LogP contribution >= 0.6 is 0 Å². The zero-order chi connectivity index (χ0) is 21.5. The Morgan fingerprint density at radius 2 is 1.87 bits per heavy atom. The maximum atomic E-state index is 13.3. The maximum Gasteiger partial charge on any atom is 0.191 e. The highest BCUT2D eigenvalue weighted by atomic mass is 19.1. The molecule has 1 aliphatic heterocycles. The fraction of sp³-hybridized carbons (Fsp3) is 0.375. The van der Waals surface area contributed by atoms with Gasteiger partial charge in [-0.25, -0.2) is 4.39 Å². The van der Waals surface area contributed by atoms with Crippen LogP contribution in [0.15, 0.2) is 53.7 Å². The van der Waals surface area contributed by atoms with Crippen molar-refractivity contribution >= 4 is 16.9 Å². The first kappa shape index (κ1) is 21.3. The van der Waals surface area contributed by atoms with Crippen LogP contribution in [0.2, 0.25) is 0 Å². The first-order valence-corrected chi connectivity index (χ1v) is 10.8. The molecule has 164 valence electrons. The van der Waals surface area contributed by atoms with E-state index in [0.29, 0.717) is 6.54 Å². The van der Waals surface area contributed by atoms with Crippen LogP contribution in [-0.4, -0.2) is 55.7 Å². The lowest BCUT2D eigenvalue weighted by atomic mass is 10.1. The van der Waals surface area contributed by atoms with Gasteiger partial charge in [-0.15, -0.1) is 0 Å². The lowest BCUT2D eigenvalue weighted by Gasteiger charge is -2.26. The van der Waals surface area contributed by atoms with Gasteiger partial charge in [0, 0.05) is 56.9 Å². The van der Waals surface area contributed by atoms with Gasteiger partial charge in [0.15, 0.2) is 5.96 Å². The molecule has 0 radical (unpaired) electrons. The monoisotopic (exact) mass is 423 g/mol. The van der Waals surface area contributed by atoms with Crippen LogP contribution in [0, 0.1) is 5.82 Å². The Hall–Kier alpha value is -2.90. The number of H-pyrrole nitrogens is 1. The highest BCUT2D eigenvalue weighted by Gasteiger charge is 2.10. The Morgan fingerprint density at radius 3 is 2.65 bits per heavy atom. The topological polar surface area (TPSA) is 64.7 Å². The number of aliphatic imine (C=N–C) groups is 1. The highest BCUT2D eigenvalue weighted by molar-refractivity contribution is 5.83. The maximum absolute atomic E-state index is 13.3. The molecule has 3 N–H and O–H groups in total. The fourth-order valence-electron chi connectivity index (χ4n) is 3.87. The largest absolute Gasteiger partial charge is 0.379 e. The van der Waals surface area contributed by atoms with Crippen molar-refractivity contribution in [3.8, 4) is 0 Å². The third-order valence-corrected chi connectivity index (χ3v) is 5.63. The number of aromatic nitrogens is 1. The Morgan fingerprint density at radius 1 is 1.10 bits per heavy atom. The van der Waals surface area contributed by atoms with Gasteiger partial charge in [-0.1, -0.05) is 24.3 Å². The molecule has 2 aromatic carbocycles. The van der Waals surface area contributed by atoms with Crippen molar-refractivity contribution in [3.05, 3.63) is 71.2 Å². The summed E-state index contributed by atoms with van der Waals surface area (Å²) in [7, 11) is 1.77. The van der Waals surface area contributed by atoms with Crippen LogP contribution in [-0.2, 0) is 24.2 Å². The van der Waals surface area contributed by atoms with E-state index in [1.165, 1.54) is 23.3 Å². The number of halogens is 1. The third-order valence-electron chi connectivity index (χ3n) is 5.63. The number of hydrogen-bond donors (Lipinski definition) is 3. The molecule has 0 amide bonds. The van der Waals surface area contributed by atoms with Crippen molar-refractivity contribution in [1.29, 1.82) is 0 Å². The standard InChI is InChI=1S/C24H30FN5O/c1-26-24(27-9-8-20-16-28-23-14-21(25)6-7-22(20)23)29-15-18-2-4-19(5-3-18)17-30-10-12-31-13-11-30/h2-7,14,16,28H,8-13,15,17H2,1H3,(H2,26,27,29). The predicted molar refractivity (Wildman–Crippen MR) is 123 cm³/mol. The quantitative estimate of drug-likeness (QED) is 0.404. The lowest BCUT2D eigenvalue weighted by Crippen LogP contribution is -2.37. The van der Waals surface area contributed by atoms with Crippen molar-refractivity contribution < 1.29 is 9.13 Å². The average Bonchev–Trinajstić information content (AvgIpc) is 3.19. The minimum atomic E-state index is -0.224. The third kappa shape index (κ3) is 5.83. The Bertz CT molecular complexity index is 1010. The number of fused-ring (bicyclic) bond motifs is 1. The van der Waals surface area contributed by atoms with E-state index in [2.05, 4.69) is 49.8 Å². The number of morpholine rings is 1. The summed E-state index contributed by atoms with van der Waals surface area (Å²) in [4.78, 5) is 9.87. The summed E-state index contributed by atoms with van der Waals surface area (Å²) in [6.45, 7) is 6.08. The van der Waals surface area contributed by atoms with Gasteiger partial charge < -0.3 is 20.4 Å². The van der Waals surface area contributed by atoms with Crippen molar-refractivity contribution in [2.45, 2.75) is 19.5 Å². The molecular formula is C24H30FN5O. The van der Waals surface area contributed by atoms with Crippen LogP contribution in [0.3, 0.4) is 0 Å². The normalized spacial score (nSPS) is 15.4. The average molecular weight is 424 g/mol. The second-order valence-corrected chi connectivity index (χ2v) is 7.81. The number of rotatable bonds is 7. The molecule has 0 atom stereocenters. The summed E-state index contributed by atoms with van der Waals surface area (Å²) < 4.78 is 18.8. The molecule has 1 fully saturated rings. The van der Waals surface area contributed by atoms with E-state index in [4.69, 9.17) is 4.74 Å². The van der Waals surface area contributed by atoms with Crippen LogP contribution < -0.4 is 10.6 Å². The number of hydrogen-bond acceptors (Lipinski definition) is 3. The number of benzene rings is 2. The van der Waals surface area contributed by atoms with Crippen LogP contribution in [0.5, 0.6) is 0 Å². The lowest BCUT2D eigenvalue weighted by molar-refractivity contribution is 0.0342. The molecule has 6 nitrogen and oxygen atoms in total. The number of nitrogens with zero attached hydrogens (tertiary/aromatic N) is 2. The number of ether oxygens (including phenoxy) is 1. The highest BCUT2D eigenvalue weighted by Crippen LogP contribution is 2.19. The Kier molecular flexibility index (Phi) is 7.17. The van der Waals surface area contributed by atoms with E-state index in [-0.39, 0.29) is 5.82 Å². The summed E-state index contributed by atoms with van der Waals surface area (Å²) in [5.41, 5.74) is 4.53. The predicted octanol–water partition coefficient (Wildman–Crippen LogP) is 3.05. The summed E-state index contributed by atoms with van der Waals surface area (Å²) in [5, 5.41) is 7.78. The molecular weight excluding hydrogens is 393 g/mol. The first-order valence-electron chi connectivity index (χ1n) is 10.8. The van der Waals surface area contributed by atoms with Gasteiger partial charge in [0.05, 0.1) is 13.2 Å². The van der Waals surface area contributed by atoms with E-state index >= 15 is 0 Å². The molecule has 1 saturated heterocycles. The summed E-state index contributed by atoms with van der Waals surface area (Å²) in [5.74, 6) is 0.543. The van der Waals surface area contributed by atoms with E-state index in [1.807, 2.05) is 12.3 Å². The van der Waals surface area contributed by atoms with Crippen molar-refractivity contribution in [3.63, 3.8) is 0 Å². The van der Waals surface area contributed by atoms with Gasteiger partial charge in [-0.05, 0) is 41.3 Å². The summed E-state index contributed by atoms with van der Waals surface area (Å²) >= 11 is 0. The molecule has 0 spiro atoms. The molecule has 3 aromatic rings. The molecule has 31 heavy (non-hydrogen) atoms. The molecule has 0 saturated carbocycles. The minimum absolute atomic E-state index is 0.224. The first-order chi connectivity index (χ1) is 15.2. The van der Waals surface area contributed by atoms with Crippen molar-refractivity contribution in [2.75, 3.05) is 39.9 Å². The van der Waals surface area contributed by atoms with E-state index in [9.17, 15) is 4.39 Å². The summed E-state index contributed by atoms with van der Waals surface area (Å²) in [6.07, 6.45) is 2.77. The second kappa shape index (κ2) is 10.4. The molecule has 4 rings (SSSR count). The number of guanidine groups is 1. The van der Waals surface area contributed by atoms with Crippen LogP contribution in [0.25, 0.3) is 10.9 Å². The fourth-order valence-corrected chi connectivity index (χ4v) is 3.87. The molecule has 1 aromatic heterocycles. The molecule has 0 bridgehead atoms. The van der Waals surface area contributed by atoms with Crippen molar-refractivity contribution in [1.82, 2.24) is 20.5 Å². The molecule has 2 heterocycles. The smallest absolute Gasteiger partial charge is 0.191 e. The molecule has 0 unspecified atom stereocenters. The zero-order valence-corrected chi connectivity index (χ0v) is 18.0. The Balaban J connectivity index is 1.22.